The maximum atomic E-state index is 13.7. The zero-order valence-electron chi connectivity index (χ0n) is 19.6. The summed E-state index contributed by atoms with van der Waals surface area (Å²) in [7, 11) is 0. The van der Waals surface area contributed by atoms with E-state index in [0.717, 1.165) is 42.2 Å². The molecular weight excluding hydrogens is 479 g/mol. The van der Waals surface area contributed by atoms with Crippen molar-refractivity contribution in [1.82, 2.24) is 10.2 Å². The smallest absolute Gasteiger partial charge is 0.419 e. The number of benzene rings is 2. The molecule has 0 radical (unpaired) electrons. The first-order valence-corrected chi connectivity index (χ1v) is 12.2. The number of aromatic nitrogens is 2. The number of ether oxygens (including phenoxy) is 2. The van der Waals surface area contributed by atoms with Crippen LogP contribution in [0.1, 0.15) is 48.7 Å². The Morgan fingerprint density at radius 3 is 2.37 bits per heavy atom. The van der Waals surface area contributed by atoms with Crippen molar-refractivity contribution in [2.45, 2.75) is 50.9 Å². The van der Waals surface area contributed by atoms with Crippen LogP contribution in [0.3, 0.4) is 0 Å². The van der Waals surface area contributed by atoms with E-state index in [9.17, 15) is 18.3 Å². The first-order valence-electron chi connectivity index (χ1n) is 11.4. The van der Waals surface area contributed by atoms with Crippen LogP contribution in [-0.2, 0) is 23.1 Å². The van der Waals surface area contributed by atoms with Gasteiger partial charge < -0.3 is 20.3 Å². The molecule has 1 atom stereocenters. The number of hydrogen-bond acceptors (Lipinski definition) is 7. The van der Waals surface area contributed by atoms with Gasteiger partial charge in [-0.2, -0.15) is 13.2 Å². The molecule has 0 saturated heterocycles. The van der Waals surface area contributed by atoms with E-state index in [1.54, 1.807) is 6.92 Å². The van der Waals surface area contributed by atoms with Crippen molar-refractivity contribution in [2.24, 2.45) is 5.73 Å². The van der Waals surface area contributed by atoms with Gasteiger partial charge in [-0.1, -0.05) is 48.1 Å². The number of nitrogens with two attached hydrogens (primary N) is 1. The van der Waals surface area contributed by atoms with Crippen LogP contribution in [0, 0.1) is 0 Å². The van der Waals surface area contributed by atoms with Gasteiger partial charge in [0, 0.05) is 12.2 Å². The summed E-state index contributed by atoms with van der Waals surface area (Å²) in [6, 6.07) is 13.8. The van der Waals surface area contributed by atoms with Crippen LogP contribution in [0.4, 0.5) is 13.2 Å². The van der Waals surface area contributed by atoms with Gasteiger partial charge in [-0.3, -0.25) is 0 Å². The Kier molecular flexibility index (Phi) is 9.62. The summed E-state index contributed by atoms with van der Waals surface area (Å²) in [6.07, 6.45) is -1.30. The molecule has 0 aliphatic rings. The second-order valence-corrected chi connectivity index (χ2v) is 9.48. The quantitative estimate of drug-likeness (QED) is 0.294. The molecule has 0 fully saturated rings. The number of rotatable bonds is 13. The maximum absolute atomic E-state index is 13.7. The van der Waals surface area contributed by atoms with E-state index in [4.69, 9.17) is 15.2 Å². The lowest BCUT2D eigenvalue weighted by Crippen LogP contribution is -2.36. The van der Waals surface area contributed by atoms with Crippen LogP contribution >= 0.6 is 11.3 Å². The zero-order chi connectivity index (χ0) is 25.3. The largest absolute Gasteiger partial charge is 0.493 e. The number of aliphatic hydroxyl groups excluding tert-OH is 1. The molecule has 0 spiro atoms. The van der Waals surface area contributed by atoms with Gasteiger partial charge in [-0.05, 0) is 49.9 Å². The van der Waals surface area contributed by atoms with Gasteiger partial charge in [0.2, 0.25) is 0 Å². The van der Waals surface area contributed by atoms with Crippen LogP contribution in [0.25, 0.3) is 10.6 Å². The molecule has 3 rings (SSSR count). The molecule has 2 aromatic carbocycles. The molecule has 35 heavy (non-hydrogen) atoms. The van der Waals surface area contributed by atoms with Gasteiger partial charge in [0.05, 0.1) is 30.9 Å². The van der Waals surface area contributed by atoms with Crippen molar-refractivity contribution in [2.75, 3.05) is 19.8 Å². The summed E-state index contributed by atoms with van der Waals surface area (Å²) >= 11 is 1.05. The molecule has 0 bridgehead atoms. The summed E-state index contributed by atoms with van der Waals surface area (Å²) in [5, 5.41) is 17.9. The molecule has 190 valence electrons. The highest BCUT2D eigenvalue weighted by atomic mass is 32.1. The fraction of sp³-hybridized carbons (Fsp3) is 0.440. The molecule has 0 saturated carbocycles. The SMILES string of the molecule is CC(N)(CO)c1nnc(-c2ccc(OCCCCCCOCc3ccccc3)c(C(F)(F)F)c2)s1. The Labute approximate surface area is 206 Å². The Morgan fingerprint density at radius 1 is 0.971 bits per heavy atom. The predicted molar refractivity (Wildman–Crippen MR) is 129 cm³/mol. The van der Waals surface area contributed by atoms with Gasteiger partial charge in [0.1, 0.15) is 15.8 Å². The standard InChI is InChI=1S/C25H30F3N3O3S/c1-24(29,17-32)23-31-30-22(35-23)19-11-12-21(20(15-19)25(26,27)28)34-14-8-3-2-7-13-33-16-18-9-5-4-6-10-18/h4-6,9-12,15,32H,2-3,7-8,13-14,16-17,29H2,1H3. The third-order valence-corrected chi connectivity index (χ3v) is 6.58. The maximum Gasteiger partial charge on any atom is 0.419 e. The van der Waals surface area contributed by atoms with E-state index in [-0.39, 0.29) is 29.5 Å². The van der Waals surface area contributed by atoms with Gasteiger partial charge >= 0.3 is 6.18 Å². The second kappa shape index (κ2) is 12.4. The molecule has 3 N–H and O–H groups in total. The van der Waals surface area contributed by atoms with Gasteiger partial charge in [0.25, 0.3) is 0 Å². The average molecular weight is 510 g/mol. The summed E-state index contributed by atoms with van der Waals surface area (Å²) in [5.41, 5.74) is 5.36. The zero-order valence-corrected chi connectivity index (χ0v) is 20.4. The molecule has 1 unspecified atom stereocenters. The van der Waals surface area contributed by atoms with Crippen molar-refractivity contribution in [3.8, 4) is 16.3 Å². The molecule has 10 heteroatoms. The fourth-order valence-corrected chi connectivity index (χ4v) is 4.14. The molecule has 0 aliphatic carbocycles. The molecular formula is C25H30F3N3O3S. The van der Waals surface area contributed by atoms with Crippen molar-refractivity contribution in [3.05, 3.63) is 64.7 Å². The summed E-state index contributed by atoms with van der Waals surface area (Å²) in [6.45, 7) is 2.63. The monoisotopic (exact) mass is 509 g/mol. The highest BCUT2D eigenvalue weighted by molar-refractivity contribution is 7.14. The van der Waals surface area contributed by atoms with E-state index < -0.39 is 17.3 Å². The van der Waals surface area contributed by atoms with E-state index in [2.05, 4.69) is 10.2 Å². The van der Waals surface area contributed by atoms with Crippen LogP contribution in [0.15, 0.2) is 48.5 Å². The minimum atomic E-state index is -4.58. The fourth-order valence-electron chi connectivity index (χ4n) is 3.25. The van der Waals surface area contributed by atoms with Crippen molar-refractivity contribution < 1.29 is 27.8 Å². The highest BCUT2D eigenvalue weighted by Gasteiger charge is 2.35. The van der Waals surface area contributed by atoms with Gasteiger partial charge in [0.15, 0.2) is 0 Å². The van der Waals surface area contributed by atoms with Gasteiger partial charge in [-0.25, -0.2) is 0 Å². The van der Waals surface area contributed by atoms with Gasteiger partial charge in [-0.15, -0.1) is 10.2 Å². The van der Waals surface area contributed by atoms with E-state index >= 15 is 0 Å². The molecule has 0 aliphatic heterocycles. The minimum absolute atomic E-state index is 0.193. The lowest BCUT2D eigenvalue weighted by atomic mass is 10.1. The Bertz CT molecular complexity index is 1060. The minimum Gasteiger partial charge on any atom is -0.493 e. The van der Waals surface area contributed by atoms with Crippen molar-refractivity contribution in [3.63, 3.8) is 0 Å². The van der Waals surface area contributed by atoms with Crippen LogP contribution in [0.5, 0.6) is 5.75 Å². The first-order chi connectivity index (χ1) is 16.7. The number of unbranched alkanes of at least 4 members (excludes halogenated alkanes) is 3. The Balaban J connectivity index is 1.48. The normalized spacial score (nSPS) is 13.5. The Morgan fingerprint density at radius 2 is 1.69 bits per heavy atom. The number of nitrogens with zero attached hydrogens (tertiary/aromatic N) is 2. The van der Waals surface area contributed by atoms with E-state index in [1.807, 2.05) is 30.3 Å². The molecule has 3 aromatic rings. The number of halogens is 3. The number of alkyl halides is 3. The number of hydrogen-bond donors (Lipinski definition) is 2. The molecule has 0 amide bonds. The van der Waals surface area contributed by atoms with E-state index in [0.29, 0.717) is 24.6 Å². The van der Waals surface area contributed by atoms with E-state index in [1.165, 1.54) is 12.1 Å². The first kappa shape index (κ1) is 27.1. The molecule has 1 aromatic heterocycles. The third-order valence-electron chi connectivity index (χ3n) is 5.33. The average Bonchev–Trinajstić information content (AvgIpc) is 3.34. The summed E-state index contributed by atoms with van der Waals surface area (Å²) in [5.74, 6) is -0.212. The summed E-state index contributed by atoms with van der Waals surface area (Å²) < 4.78 is 52.2. The highest BCUT2D eigenvalue weighted by Crippen LogP contribution is 2.39. The molecule has 1 heterocycles. The lowest BCUT2D eigenvalue weighted by Gasteiger charge is -2.17. The van der Waals surface area contributed by atoms with Crippen molar-refractivity contribution in [1.29, 1.82) is 0 Å². The van der Waals surface area contributed by atoms with Crippen LogP contribution in [-0.4, -0.2) is 35.1 Å². The summed E-state index contributed by atoms with van der Waals surface area (Å²) in [4.78, 5) is 0. The van der Waals surface area contributed by atoms with Crippen LogP contribution in [0.2, 0.25) is 0 Å². The lowest BCUT2D eigenvalue weighted by molar-refractivity contribution is -0.138. The molecule has 6 nitrogen and oxygen atoms in total. The van der Waals surface area contributed by atoms with Crippen molar-refractivity contribution >= 4 is 11.3 Å². The Hall–Kier alpha value is -2.53. The third kappa shape index (κ3) is 7.99. The second-order valence-electron chi connectivity index (χ2n) is 8.50. The predicted octanol–water partition coefficient (Wildman–Crippen LogP) is 5.55. The van der Waals surface area contributed by atoms with Crippen LogP contribution < -0.4 is 10.5 Å². The topological polar surface area (TPSA) is 90.5 Å². The number of aliphatic hydroxyl groups is 1.